The van der Waals surface area contributed by atoms with Crippen molar-refractivity contribution in [2.45, 2.75) is 61.3 Å². The molecule has 0 bridgehead atoms. The first kappa shape index (κ1) is 25.2. The van der Waals surface area contributed by atoms with Crippen LogP contribution in [0.1, 0.15) is 59.1 Å². The predicted molar refractivity (Wildman–Crippen MR) is 113 cm³/mol. The zero-order valence-electron chi connectivity index (χ0n) is 17.2. The van der Waals surface area contributed by atoms with Crippen LogP contribution in [0, 0.1) is 6.92 Å². The highest BCUT2D eigenvalue weighted by Crippen LogP contribution is 2.22. The first-order valence-electron chi connectivity index (χ1n) is 8.98. The summed E-state index contributed by atoms with van der Waals surface area (Å²) >= 11 is 0. The van der Waals surface area contributed by atoms with E-state index in [4.69, 9.17) is 4.74 Å². The van der Waals surface area contributed by atoms with Crippen molar-refractivity contribution < 1.29 is 4.74 Å². The summed E-state index contributed by atoms with van der Waals surface area (Å²) in [7, 11) is 0. The number of hydrogen-bond acceptors (Lipinski definition) is 2. The van der Waals surface area contributed by atoms with Gasteiger partial charge in [0.1, 0.15) is 11.5 Å². The van der Waals surface area contributed by atoms with Crippen molar-refractivity contribution in [3.8, 4) is 11.5 Å². The Balaban J connectivity index is 0. The molecule has 0 heterocycles. The number of benzene rings is 2. The molecular formula is C23H37NO. The Bertz CT molecular complexity index is 581. The monoisotopic (exact) mass is 343 g/mol. The Morgan fingerprint density at radius 3 is 2.00 bits per heavy atom. The zero-order chi connectivity index (χ0) is 18.4. The van der Waals surface area contributed by atoms with Gasteiger partial charge in [0.2, 0.25) is 0 Å². The summed E-state index contributed by atoms with van der Waals surface area (Å²) in [5.41, 5.74) is 3.96. The summed E-state index contributed by atoms with van der Waals surface area (Å²) in [6.45, 7) is 14.5. The highest BCUT2D eigenvalue weighted by atomic mass is 16.5. The highest BCUT2D eigenvalue weighted by molar-refractivity contribution is 5.35. The van der Waals surface area contributed by atoms with Crippen LogP contribution in [0.5, 0.6) is 11.5 Å². The van der Waals surface area contributed by atoms with E-state index in [1.165, 1.54) is 16.7 Å². The first-order chi connectivity index (χ1) is 11.5. The topological polar surface area (TPSA) is 44.2 Å². The fourth-order valence-corrected chi connectivity index (χ4v) is 1.80. The van der Waals surface area contributed by atoms with E-state index in [2.05, 4.69) is 64.1 Å². The maximum atomic E-state index is 5.82. The number of rotatable bonds is 4. The number of allylic oxidation sites excluding steroid dienone is 2. The van der Waals surface area contributed by atoms with Crippen LogP contribution in [-0.4, -0.2) is 0 Å². The lowest BCUT2D eigenvalue weighted by atomic mass is 10.1. The fraction of sp³-hybridized carbons (Fsp3) is 0.391. The molecule has 0 atom stereocenters. The van der Waals surface area contributed by atoms with Gasteiger partial charge in [-0.1, -0.05) is 68.7 Å². The number of hydrogen-bond donors (Lipinski definition) is 1. The quantitative estimate of drug-likeness (QED) is 0.573. The fourth-order valence-electron chi connectivity index (χ4n) is 1.80. The third-order valence-electron chi connectivity index (χ3n) is 3.27. The van der Waals surface area contributed by atoms with Gasteiger partial charge in [-0.25, -0.2) is 0 Å². The van der Waals surface area contributed by atoms with E-state index in [1.54, 1.807) is 0 Å². The molecule has 0 saturated carbocycles. The lowest BCUT2D eigenvalue weighted by molar-refractivity contribution is 0.482. The summed E-state index contributed by atoms with van der Waals surface area (Å²) in [6.07, 6.45) is 4.35. The molecule has 25 heavy (non-hydrogen) atoms. The van der Waals surface area contributed by atoms with E-state index in [1.807, 2.05) is 39.0 Å². The van der Waals surface area contributed by atoms with E-state index in [0.717, 1.165) is 24.3 Å². The van der Waals surface area contributed by atoms with Crippen LogP contribution in [0.25, 0.3) is 0 Å². The zero-order valence-corrected chi connectivity index (χ0v) is 17.2. The molecule has 0 aliphatic heterocycles. The third-order valence-corrected chi connectivity index (χ3v) is 3.27. The highest BCUT2D eigenvalue weighted by Gasteiger charge is 1.98. The minimum atomic E-state index is 0. The SMILES string of the molecule is CC.CC=C(C)C.CCCc1cccc(Oc2ccc(C)cc2)c1.N. The van der Waals surface area contributed by atoms with Crippen LogP contribution in [0.4, 0.5) is 0 Å². The Hall–Kier alpha value is -2.06. The van der Waals surface area contributed by atoms with Crippen molar-refractivity contribution >= 4 is 0 Å². The van der Waals surface area contributed by atoms with Crippen LogP contribution in [0.2, 0.25) is 0 Å². The molecule has 0 aliphatic carbocycles. The van der Waals surface area contributed by atoms with Gasteiger partial charge in [-0.15, -0.1) is 0 Å². The van der Waals surface area contributed by atoms with Gasteiger partial charge in [0, 0.05) is 0 Å². The van der Waals surface area contributed by atoms with Crippen molar-refractivity contribution in [1.82, 2.24) is 6.15 Å². The van der Waals surface area contributed by atoms with E-state index in [0.29, 0.717) is 0 Å². The molecule has 2 rings (SSSR count). The maximum absolute atomic E-state index is 5.82. The average Bonchev–Trinajstić information content (AvgIpc) is 2.60. The average molecular weight is 344 g/mol. The molecule has 0 aliphatic rings. The molecule has 0 saturated heterocycles. The summed E-state index contributed by atoms with van der Waals surface area (Å²) < 4.78 is 5.82. The van der Waals surface area contributed by atoms with Gasteiger partial charge in [-0.05, 0) is 63.9 Å². The van der Waals surface area contributed by atoms with Crippen LogP contribution < -0.4 is 10.9 Å². The van der Waals surface area contributed by atoms with Gasteiger partial charge in [0.25, 0.3) is 0 Å². The molecule has 3 N–H and O–H groups in total. The summed E-state index contributed by atoms with van der Waals surface area (Å²) in [6, 6.07) is 16.4. The van der Waals surface area contributed by atoms with Crippen molar-refractivity contribution in [2.75, 3.05) is 0 Å². The van der Waals surface area contributed by atoms with Gasteiger partial charge in [-0.2, -0.15) is 0 Å². The molecule has 0 spiro atoms. The van der Waals surface area contributed by atoms with Crippen LogP contribution >= 0.6 is 0 Å². The standard InChI is InChI=1S/C16H18O.C5H10.C2H6.H3N/c1-3-5-14-6-4-7-16(12-14)17-15-10-8-13(2)9-11-15;1-4-5(2)3;1-2;/h4,6-12H,3,5H2,1-2H3;4H,1-3H3;1-2H3;1H3. The summed E-state index contributed by atoms with van der Waals surface area (Å²) in [4.78, 5) is 0. The first-order valence-corrected chi connectivity index (χ1v) is 8.98. The van der Waals surface area contributed by atoms with Crippen molar-refractivity contribution in [3.05, 3.63) is 71.3 Å². The van der Waals surface area contributed by atoms with Crippen LogP contribution in [0.15, 0.2) is 60.2 Å². The van der Waals surface area contributed by atoms with Crippen molar-refractivity contribution in [2.24, 2.45) is 0 Å². The van der Waals surface area contributed by atoms with Crippen LogP contribution in [0.3, 0.4) is 0 Å². The number of ether oxygens (including phenoxy) is 1. The second-order valence-corrected chi connectivity index (χ2v) is 5.68. The normalized spacial score (nSPS) is 8.60. The minimum Gasteiger partial charge on any atom is -0.457 e. The molecule has 2 nitrogen and oxygen atoms in total. The smallest absolute Gasteiger partial charge is 0.127 e. The molecule has 0 amide bonds. The molecule has 2 heteroatoms. The van der Waals surface area contributed by atoms with Crippen molar-refractivity contribution in [3.63, 3.8) is 0 Å². The van der Waals surface area contributed by atoms with Gasteiger partial charge in [0.05, 0.1) is 0 Å². The Labute approximate surface area is 155 Å². The predicted octanol–water partition coefficient (Wildman–Crippen LogP) is 7.90. The van der Waals surface area contributed by atoms with E-state index >= 15 is 0 Å². The maximum Gasteiger partial charge on any atom is 0.127 e. The lowest BCUT2D eigenvalue weighted by Gasteiger charge is -2.07. The lowest BCUT2D eigenvalue weighted by Crippen LogP contribution is -1.87. The second kappa shape index (κ2) is 15.5. The Kier molecular flexibility index (Phi) is 15.6. The third kappa shape index (κ3) is 12.0. The van der Waals surface area contributed by atoms with E-state index < -0.39 is 0 Å². The van der Waals surface area contributed by atoms with Crippen LogP contribution in [-0.2, 0) is 6.42 Å². The molecule has 0 aromatic heterocycles. The summed E-state index contributed by atoms with van der Waals surface area (Å²) in [5, 5.41) is 0. The molecule has 2 aromatic carbocycles. The van der Waals surface area contributed by atoms with Crippen molar-refractivity contribution in [1.29, 1.82) is 0 Å². The van der Waals surface area contributed by atoms with Gasteiger partial charge in [0.15, 0.2) is 0 Å². The molecule has 140 valence electrons. The molecule has 0 fully saturated rings. The Morgan fingerprint density at radius 1 is 0.960 bits per heavy atom. The molecule has 0 unspecified atom stereocenters. The summed E-state index contributed by atoms with van der Waals surface area (Å²) in [5.74, 6) is 1.81. The largest absolute Gasteiger partial charge is 0.457 e. The van der Waals surface area contributed by atoms with E-state index in [-0.39, 0.29) is 6.15 Å². The van der Waals surface area contributed by atoms with Gasteiger partial charge < -0.3 is 10.9 Å². The van der Waals surface area contributed by atoms with Gasteiger partial charge in [-0.3, -0.25) is 0 Å². The Morgan fingerprint density at radius 2 is 1.52 bits per heavy atom. The van der Waals surface area contributed by atoms with E-state index in [9.17, 15) is 0 Å². The minimum absolute atomic E-state index is 0. The molecule has 2 aromatic rings. The number of aryl methyl sites for hydroxylation is 2. The molecule has 0 radical (unpaired) electrons. The second-order valence-electron chi connectivity index (χ2n) is 5.68. The van der Waals surface area contributed by atoms with Gasteiger partial charge >= 0.3 is 0 Å². The molecular weight excluding hydrogens is 306 g/mol.